The first kappa shape index (κ1) is 20.6. The van der Waals surface area contributed by atoms with Gasteiger partial charge in [0.2, 0.25) is 0 Å². The lowest BCUT2D eigenvalue weighted by atomic mass is 10.1. The van der Waals surface area contributed by atoms with Crippen molar-refractivity contribution in [2.45, 2.75) is 6.61 Å². The van der Waals surface area contributed by atoms with Gasteiger partial charge in [-0.1, -0.05) is 17.7 Å². The minimum atomic E-state index is -0.414. The van der Waals surface area contributed by atoms with Gasteiger partial charge in [-0.3, -0.25) is 5.10 Å². The zero-order chi connectivity index (χ0) is 21.8. The summed E-state index contributed by atoms with van der Waals surface area (Å²) in [5, 5.41) is 17.7. The zero-order valence-corrected chi connectivity index (χ0v) is 17.2. The summed E-state index contributed by atoms with van der Waals surface area (Å²) in [6.45, 7) is 0.133. The van der Waals surface area contributed by atoms with Gasteiger partial charge in [0.1, 0.15) is 41.1 Å². The fourth-order valence-corrected chi connectivity index (χ4v) is 3.15. The largest absolute Gasteiger partial charge is 0.507 e. The number of rotatable bonds is 7. The lowest BCUT2D eigenvalue weighted by Gasteiger charge is -2.11. The van der Waals surface area contributed by atoms with E-state index in [4.69, 9.17) is 25.8 Å². The zero-order valence-electron chi connectivity index (χ0n) is 16.4. The molecule has 0 aliphatic heterocycles. The average molecular weight is 441 g/mol. The van der Waals surface area contributed by atoms with Gasteiger partial charge >= 0.3 is 0 Å². The minimum Gasteiger partial charge on any atom is -0.507 e. The Labute approximate surface area is 182 Å². The molecule has 8 heteroatoms. The van der Waals surface area contributed by atoms with Gasteiger partial charge in [0.25, 0.3) is 0 Å². The Morgan fingerprint density at radius 2 is 1.74 bits per heavy atom. The van der Waals surface area contributed by atoms with E-state index in [0.717, 1.165) is 5.75 Å². The molecule has 0 aliphatic carbocycles. The van der Waals surface area contributed by atoms with Crippen molar-refractivity contribution in [1.82, 2.24) is 10.2 Å². The third-order valence-corrected chi connectivity index (χ3v) is 4.89. The maximum absolute atomic E-state index is 13.2. The molecule has 0 aliphatic rings. The molecule has 0 atom stereocenters. The van der Waals surface area contributed by atoms with E-state index in [1.54, 1.807) is 49.6 Å². The molecule has 0 unspecified atom stereocenters. The number of methoxy groups -OCH3 is 1. The van der Waals surface area contributed by atoms with Crippen LogP contribution in [0.15, 0.2) is 66.9 Å². The molecule has 1 heterocycles. The number of benzene rings is 3. The first-order valence-electron chi connectivity index (χ1n) is 9.29. The summed E-state index contributed by atoms with van der Waals surface area (Å²) in [6.07, 6.45) is 1.53. The first-order valence-corrected chi connectivity index (χ1v) is 9.66. The van der Waals surface area contributed by atoms with Crippen LogP contribution in [0.5, 0.6) is 28.7 Å². The highest BCUT2D eigenvalue weighted by molar-refractivity contribution is 6.31. The number of halogens is 2. The van der Waals surface area contributed by atoms with Crippen molar-refractivity contribution in [2.75, 3.05) is 7.11 Å². The van der Waals surface area contributed by atoms with Crippen LogP contribution in [0.3, 0.4) is 0 Å². The summed E-state index contributed by atoms with van der Waals surface area (Å²) in [5.74, 6) is 1.76. The van der Waals surface area contributed by atoms with Crippen LogP contribution >= 0.6 is 11.6 Å². The minimum absolute atomic E-state index is 0.0217. The molecule has 2 N–H and O–H groups in total. The van der Waals surface area contributed by atoms with Crippen molar-refractivity contribution in [1.29, 1.82) is 0 Å². The number of hydrogen-bond donors (Lipinski definition) is 2. The van der Waals surface area contributed by atoms with E-state index in [1.165, 1.54) is 24.4 Å². The lowest BCUT2D eigenvalue weighted by molar-refractivity contribution is 0.304. The Kier molecular flexibility index (Phi) is 5.95. The highest BCUT2D eigenvalue weighted by Gasteiger charge is 2.15. The second-order valence-corrected chi connectivity index (χ2v) is 7.00. The van der Waals surface area contributed by atoms with Gasteiger partial charge in [0.15, 0.2) is 5.75 Å². The van der Waals surface area contributed by atoms with E-state index in [2.05, 4.69) is 10.2 Å². The number of aromatic nitrogens is 2. The van der Waals surface area contributed by atoms with E-state index in [-0.39, 0.29) is 17.4 Å². The summed E-state index contributed by atoms with van der Waals surface area (Å²) in [6, 6.07) is 16.1. The van der Waals surface area contributed by atoms with Crippen LogP contribution in [0.2, 0.25) is 5.02 Å². The molecule has 3 aromatic carbocycles. The van der Waals surface area contributed by atoms with Crippen LogP contribution in [0, 0.1) is 5.82 Å². The van der Waals surface area contributed by atoms with Gasteiger partial charge in [-0.2, -0.15) is 5.10 Å². The number of H-pyrrole nitrogens is 1. The molecular formula is C23H18ClFN2O4. The Hall–Kier alpha value is -3.71. The molecule has 0 amide bonds. The third kappa shape index (κ3) is 4.73. The number of aromatic hydroxyl groups is 1. The fraction of sp³-hybridized carbons (Fsp3) is 0.0870. The maximum atomic E-state index is 13.2. The van der Waals surface area contributed by atoms with Crippen LogP contribution in [-0.4, -0.2) is 22.4 Å². The molecule has 0 fully saturated rings. The monoisotopic (exact) mass is 440 g/mol. The van der Waals surface area contributed by atoms with Crippen LogP contribution < -0.4 is 14.2 Å². The van der Waals surface area contributed by atoms with Crippen LogP contribution in [0.4, 0.5) is 4.39 Å². The average Bonchev–Trinajstić information content (AvgIpc) is 3.21. The maximum Gasteiger partial charge on any atom is 0.173 e. The second-order valence-electron chi connectivity index (χ2n) is 6.59. The van der Waals surface area contributed by atoms with Gasteiger partial charge in [-0.25, -0.2) is 4.39 Å². The van der Waals surface area contributed by atoms with Gasteiger partial charge in [-0.15, -0.1) is 0 Å². The van der Waals surface area contributed by atoms with Gasteiger partial charge in [-0.05, 0) is 48.5 Å². The highest BCUT2D eigenvalue weighted by atomic mass is 35.5. The molecular weight excluding hydrogens is 423 g/mol. The lowest BCUT2D eigenvalue weighted by Crippen LogP contribution is -1.97. The third-order valence-electron chi connectivity index (χ3n) is 4.54. The molecule has 0 bridgehead atoms. The molecule has 0 spiro atoms. The molecule has 4 rings (SSSR count). The van der Waals surface area contributed by atoms with E-state index in [9.17, 15) is 9.50 Å². The van der Waals surface area contributed by atoms with Crippen LogP contribution in [0.25, 0.3) is 11.3 Å². The van der Waals surface area contributed by atoms with Gasteiger partial charge in [0.05, 0.1) is 18.3 Å². The Morgan fingerprint density at radius 3 is 2.45 bits per heavy atom. The number of phenolic OH excluding ortho intramolecular Hbond substituents is 1. The Morgan fingerprint density at radius 1 is 1.00 bits per heavy atom. The van der Waals surface area contributed by atoms with E-state index >= 15 is 0 Å². The normalized spacial score (nSPS) is 10.7. The number of nitrogens with zero attached hydrogens (tertiary/aromatic N) is 1. The van der Waals surface area contributed by atoms with Crippen molar-refractivity contribution < 1.29 is 23.7 Å². The summed E-state index contributed by atoms with van der Waals surface area (Å²) < 4.78 is 29.9. The second kappa shape index (κ2) is 8.97. The molecule has 6 nitrogen and oxygen atoms in total. The van der Waals surface area contributed by atoms with Gasteiger partial charge in [0, 0.05) is 17.2 Å². The standard InChI is InChI=1S/C23H18ClFN2O4/c1-29-16-4-6-17(7-5-16)31-22-12-26-27-23(22)19-9-8-18(11-21(19)28)30-13-14-2-3-15(25)10-20(14)24/h2-12,28H,13H2,1H3,(H,26,27). The van der Waals surface area contributed by atoms with Crippen molar-refractivity contribution in [3.05, 3.63) is 83.3 Å². The number of hydrogen-bond acceptors (Lipinski definition) is 5. The van der Waals surface area contributed by atoms with E-state index < -0.39 is 5.82 Å². The van der Waals surface area contributed by atoms with Crippen LogP contribution in [0.1, 0.15) is 5.56 Å². The number of nitrogens with one attached hydrogen (secondary N) is 1. The molecule has 0 radical (unpaired) electrons. The van der Waals surface area contributed by atoms with Crippen LogP contribution in [-0.2, 0) is 6.61 Å². The predicted molar refractivity (Wildman–Crippen MR) is 114 cm³/mol. The van der Waals surface area contributed by atoms with Crippen molar-refractivity contribution in [3.8, 4) is 40.0 Å². The summed E-state index contributed by atoms with van der Waals surface area (Å²) in [4.78, 5) is 0. The molecule has 31 heavy (non-hydrogen) atoms. The molecule has 0 saturated carbocycles. The molecule has 158 valence electrons. The van der Waals surface area contributed by atoms with Crippen molar-refractivity contribution >= 4 is 11.6 Å². The quantitative estimate of drug-likeness (QED) is 0.371. The van der Waals surface area contributed by atoms with E-state index in [0.29, 0.717) is 34.1 Å². The van der Waals surface area contributed by atoms with Crippen molar-refractivity contribution in [2.24, 2.45) is 0 Å². The molecule has 1 aromatic heterocycles. The first-order chi connectivity index (χ1) is 15.0. The molecule has 4 aromatic rings. The summed E-state index contributed by atoms with van der Waals surface area (Å²) >= 11 is 6.02. The summed E-state index contributed by atoms with van der Waals surface area (Å²) in [7, 11) is 1.59. The molecule has 0 saturated heterocycles. The number of aromatic amines is 1. The smallest absolute Gasteiger partial charge is 0.173 e. The topological polar surface area (TPSA) is 76.6 Å². The fourth-order valence-electron chi connectivity index (χ4n) is 2.93. The van der Waals surface area contributed by atoms with Gasteiger partial charge < -0.3 is 19.3 Å². The number of phenols is 1. The highest BCUT2D eigenvalue weighted by Crippen LogP contribution is 2.38. The Balaban J connectivity index is 1.50. The Bertz CT molecular complexity index is 1190. The number of ether oxygens (including phenoxy) is 3. The van der Waals surface area contributed by atoms with Crippen molar-refractivity contribution in [3.63, 3.8) is 0 Å². The SMILES string of the molecule is COc1ccc(Oc2cn[nH]c2-c2ccc(OCc3ccc(F)cc3Cl)cc2O)cc1. The summed E-state index contributed by atoms with van der Waals surface area (Å²) in [5.41, 5.74) is 1.64. The predicted octanol–water partition coefficient (Wildman–Crippen LogP) is 5.95. The van der Waals surface area contributed by atoms with E-state index in [1.807, 2.05) is 0 Å².